The Morgan fingerprint density at radius 2 is 1.57 bits per heavy atom. The van der Waals surface area contributed by atoms with Crippen molar-refractivity contribution in [2.24, 2.45) is 0 Å². The number of nitrogens with one attached hydrogen (secondary N) is 1. The molecule has 192 valence electrons. The Kier molecular flexibility index (Phi) is 8.89. The SMILES string of the molecule is COC(=O)C(CC1=CN(C(=O)OC(C)(C)C)CN1C(=O)Cc1ccccc1)NC(=O)OC(C)(C)C. The van der Waals surface area contributed by atoms with Gasteiger partial charge in [-0.3, -0.25) is 14.6 Å². The number of nitrogens with zero attached hydrogens (tertiary/aromatic N) is 2. The van der Waals surface area contributed by atoms with E-state index in [0.29, 0.717) is 5.70 Å². The average Bonchev–Trinajstić information content (AvgIpc) is 3.15. The summed E-state index contributed by atoms with van der Waals surface area (Å²) in [5.41, 5.74) is -0.366. The van der Waals surface area contributed by atoms with Gasteiger partial charge in [0, 0.05) is 18.3 Å². The third kappa shape index (κ3) is 8.95. The molecule has 1 heterocycles. The predicted molar refractivity (Wildman–Crippen MR) is 128 cm³/mol. The van der Waals surface area contributed by atoms with Crippen LogP contribution < -0.4 is 5.32 Å². The average molecular weight is 490 g/mol. The summed E-state index contributed by atoms with van der Waals surface area (Å²) in [5.74, 6) is -1.00. The molecule has 1 aromatic rings. The van der Waals surface area contributed by atoms with Crippen molar-refractivity contribution in [2.45, 2.75) is 71.6 Å². The molecule has 1 aromatic carbocycles. The van der Waals surface area contributed by atoms with Crippen LogP contribution in [0.15, 0.2) is 42.2 Å². The van der Waals surface area contributed by atoms with Crippen molar-refractivity contribution >= 4 is 24.1 Å². The van der Waals surface area contributed by atoms with Gasteiger partial charge in [0.15, 0.2) is 0 Å². The molecule has 1 unspecified atom stereocenters. The van der Waals surface area contributed by atoms with Gasteiger partial charge in [0.05, 0.1) is 13.5 Å². The Hall–Kier alpha value is -3.56. The zero-order chi connectivity index (χ0) is 26.4. The number of benzene rings is 1. The van der Waals surface area contributed by atoms with Gasteiger partial charge in [-0.05, 0) is 47.1 Å². The highest BCUT2D eigenvalue weighted by atomic mass is 16.6. The van der Waals surface area contributed by atoms with Crippen LogP contribution in [0.25, 0.3) is 0 Å². The first-order chi connectivity index (χ1) is 16.2. The van der Waals surface area contributed by atoms with Gasteiger partial charge in [0.1, 0.15) is 23.9 Å². The molecule has 3 amide bonds. The summed E-state index contributed by atoms with van der Waals surface area (Å²) >= 11 is 0. The summed E-state index contributed by atoms with van der Waals surface area (Å²) in [6.07, 6.45) is -0.0181. The van der Waals surface area contributed by atoms with E-state index in [1.807, 2.05) is 30.3 Å². The standard InChI is InChI=1S/C25H35N3O7/c1-24(2,3)34-22(31)26-19(21(30)33-7)14-18-15-27(23(32)35-25(4,5)6)16-28(18)20(29)13-17-11-9-8-10-12-17/h8-12,15,19H,13-14,16H2,1-7H3,(H,26,31). The number of carbonyl (C=O) groups is 4. The van der Waals surface area contributed by atoms with Crippen LogP contribution in [-0.4, -0.2) is 64.9 Å². The summed E-state index contributed by atoms with van der Waals surface area (Å²) < 4.78 is 15.5. The maximum absolute atomic E-state index is 13.2. The summed E-state index contributed by atoms with van der Waals surface area (Å²) in [5, 5.41) is 2.49. The van der Waals surface area contributed by atoms with Gasteiger partial charge >= 0.3 is 18.2 Å². The van der Waals surface area contributed by atoms with E-state index in [1.54, 1.807) is 41.5 Å². The van der Waals surface area contributed by atoms with Crippen molar-refractivity contribution in [1.29, 1.82) is 0 Å². The van der Waals surface area contributed by atoms with E-state index in [-0.39, 0.29) is 25.4 Å². The molecule has 0 radical (unpaired) electrons. The molecule has 0 saturated carbocycles. The van der Waals surface area contributed by atoms with E-state index in [2.05, 4.69) is 5.32 Å². The van der Waals surface area contributed by atoms with Gasteiger partial charge in [-0.1, -0.05) is 30.3 Å². The van der Waals surface area contributed by atoms with Crippen molar-refractivity contribution in [1.82, 2.24) is 15.1 Å². The van der Waals surface area contributed by atoms with Crippen molar-refractivity contribution in [3.8, 4) is 0 Å². The molecule has 0 aliphatic carbocycles. The molecule has 1 aliphatic rings. The largest absolute Gasteiger partial charge is 0.467 e. The predicted octanol–water partition coefficient (Wildman–Crippen LogP) is 3.56. The topological polar surface area (TPSA) is 114 Å². The Morgan fingerprint density at radius 3 is 2.11 bits per heavy atom. The summed E-state index contributed by atoms with van der Waals surface area (Å²) in [4.78, 5) is 53.3. The molecule has 0 aromatic heterocycles. The molecule has 1 aliphatic heterocycles. The van der Waals surface area contributed by atoms with E-state index in [4.69, 9.17) is 14.2 Å². The number of carbonyl (C=O) groups excluding carboxylic acids is 4. The molecule has 1 N–H and O–H groups in total. The van der Waals surface area contributed by atoms with Crippen molar-refractivity contribution in [2.75, 3.05) is 13.8 Å². The number of esters is 1. The fourth-order valence-electron chi connectivity index (χ4n) is 3.23. The van der Waals surface area contributed by atoms with Crippen LogP contribution in [-0.2, 0) is 30.2 Å². The summed E-state index contributed by atoms with van der Waals surface area (Å²) in [6.45, 7) is 10.2. The van der Waals surface area contributed by atoms with Crippen LogP contribution in [0.3, 0.4) is 0 Å². The van der Waals surface area contributed by atoms with Crippen LogP contribution >= 0.6 is 0 Å². The van der Waals surface area contributed by atoms with Crippen LogP contribution in [0.5, 0.6) is 0 Å². The molecule has 35 heavy (non-hydrogen) atoms. The minimum absolute atomic E-state index is 0.0860. The summed E-state index contributed by atoms with van der Waals surface area (Å²) in [7, 11) is 1.19. The molecular weight excluding hydrogens is 454 g/mol. The third-order valence-electron chi connectivity index (χ3n) is 4.66. The molecule has 0 spiro atoms. The number of hydrogen-bond donors (Lipinski definition) is 1. The fraction of sp³-hybridized carbons (Fsp3) is 0.520. The molecule has 0 fully saturated rings. The Bertz CT molecular complexity index is 962. The third-order valence-corrected chi connectivity index (χ3v) is 4.66. The highest BCUT2D eigenvalue weighted by Crippen LogP contribution is 2.24. The Labute approximate surface area is 206 Å². The number of rotatable bonds is 6. The number of hydrogen-bond acceptors (Lipinski definition) is 7. The van der Waals surface area contributed by atoms with Gasteiger partial charge in [-0.15, -0.1) is 0 Å². The number of amides is 3. The Balaban J connectivity index is 2.29. The minimum atomic E-state index is -1.15. The first kappa shape index (κ1) is 27.7. The normalized spacial score (nSPS) is 14.7. The van der Waals surface area contributed by atoms with Gasteiger partial charge < -0.3 is 19.5 Å². The smallest absolute Gasteiger partial charge is 0.415 e. The lowest BCUT2D eigenvalue weighted by Gasteiger charge is -2.26. The van der Waals surface area contributed by atoms with Crippen LogP contribution in [0.2, 0.25) is 0 Å². The highest BCUT2D eigenvalue weighted by molar-refractivity contribution is 5.84. The number of methoxy groups -OCH3 is 1. The highest BCUT2D eigenvalue weighted by Gasteiger charge is 2.35. The minimum Gasteiger partial charge on any atom is -0.467 e. The molecule has 10 heteroatoms. The zero-order valence-corrected chi connectivity index (χ0v) is 21.4. The van der Waals surface area contributed by atoms with E-state index in [9.17, 15) is 19.2 Å². The maximum atomic E-state index is 13.2. The Morgan fingerprint density at radius 1 is 0.971 bits per heavy atom. The summed E-state index contributed by atoms with van der Waals surface area (Å²) in [6, 6.07) is 8.01. The monoisotopic (exact) mass is 489 g/mol. The van der Waals surface area contributed by atoms with Gasteiger partial charge in [0.25, 0.3) is 0 Å². The lowest BCUT2D eigenvalue weighted by molar-refractivity contribution is -0.143. The van der Waals surface area contributed by atoms with E-state index >= 15 is 0 Å². The quantitative estimate of drug-likeness (QED) is 0.480. The second-order valence-corrected chi connectivity index (χ2v) is 10.1. The zero-order valence-electron chi connectivity index (χ0n) is 21.4. The second kappa shape index (κ2) is 11.2. The van der Waals surface area contributed by atoms with Crippen LogP contribution in [0.1, 0.15) is 53.5 Å². The fourth-order valence-corrected chi connectivity index (χ4v) is 3.23. The number of ether oxygens (including phenoxy) is 3. The lowest BCUT2D eigenvalue weighted by Crippen LogP contribution is -2.45. The molecular formula is C25H35N3O7. The molecule has 10 nitrogen and oxygen atoms in total. The van der Waals surface area contributed by atoms with Gasteiger partial charge in [-0.25, -0.2) is 14.4 Å². The van der Waals surface area contributed by atoms with E-state index in [1.165, 1.54) is 23.1 Å². The second-order valence-electron chi connectivity index (χ2n) is 10.1. The lowest BCUT2D eigenvalue weighted by atomic mass is 10.1. The number of alkyl carbamates (subject to hydrolysis) is 1. The first-order valence-electron chi connectivity index (χ1n) is 11.3. The molecule has 0 bridgehead atoms. The van der Waals surface area contributed by atoms with E-state index < -0.39 is 35.4 Å². The first-order valence-corrected chi connectivity index (χ1v) is 11.3. The molecule has 1 atom stereocenters. The van der Waals surface area contributed by atoms with Crippen molar-refractivity contribution in [3.63, 3.8) is 0 Å². The van der Waals surface area contributed by atoms with Gasteiger partial charge in [-0.2, -0.15) is 0 Å². The van der Waals surface area contributed by atoms with Crippen LogP contribution in [0.4, 0.5) is 9.59 Å². The maximum Gasteiger partial charge on any atom is 0.415 e. The van der Waals surface area contributed by atoms with E-state index in [0.717, 1.165) is 5.56 Å². The molecule has 0 saturated heterocycles. The van der Waals surface area contributed by atoms with Crippen molar-refractivity contribution < 1.29 is 33.4 Å². The van der Waals surface area contributed by atoms with Crippen molar-refractivity contribution in [3.05, 3.63) is 47.8 Å². The van der Waals surface area contributed by atoms with Gasteiger partial charge in [0.2, 0.25) is 5.91 Å². The van der Waals surface area contributed by atoms with Crippen LogP contribution in [0, 0.1) is 0 Å². The molecule has 2 rings (SSSR count).